The molecule has 0 aromatic heterocycles. The van der Waals surface area contributed by atoms with Crippen LogP contribution in [0.4, 0.5) is 0 Å². The summed E-state index contributed by atoms with van der Waals surface area (Å²) in [5.41, 5.74) is 3.06. The van der Waals surface area contributed by atoms with Crippen molar-refractivity contribution in [3.8, 4) is 0 Å². The number of allylic oxidation sites excluding steroid dienone is 2. The van der Waals surface area contributed by atoms with E-state index in [1.165, 1.54) is 0 Å². The van der Waals surface area contributed by atoms with Gasteiger partial charge in [0, 0.05) is 0 Å². The van der Waals surface area contributed by atoms with Gasteiger partial charge in [-0.25, -0.2) is 19.2 Å². The van der Waals surface area contributed by atoms with E-state index in [1.807, 2.05) is 24.3 Å². The Morgan fingerprint density at radius 1 is 0.477 bits per heavy atom. The highest BCUT2D eigenvalue weighted by Gasteiger charge is 2.09. The Balaban J connectivity index is 0.000000240. The first-order chi connectivity index (χ1) is 21.4. The summed E-state index contributed by atoms with van der Waals surface area (Å²) in [6.07, 6.45) is 7.99. The fraction of sp³-hybridized carbons (Fsp3) is 0.111. The van der Waals surface area contributed by atoms with Gasteiger partial charge in [-0.2, -0.15) is 0 Å². The lowest BCUT2D eigenvalue weighted by Gasteiger charge is -2.03. The Labute approximate surface area is 255 Å². The van der Waals surface area contributed by atoms with Gasteiger partial charge in [0.25, 0.3) is 0 Å². The van der Waals surface area contributed by atoms with Gasteiger partial charge >= 0.3 is 23.9 Å². The van der Waals surface area contributed by atoms with Crippen molar-refractivity contribution in [3.05, 3.63) is 167 Å². The predicted molar refractivity (Wildman–Crippen MR) is 166 cm³/mol. The predicted octanol–water partition coefficient (Wildman–Crippen LogP) is 6.68. The number of ether oxygens (including phenoxy) is 2. The molecule has 8 nitrogen and oxygen atoms in total. The molecule has 0 spiro atoms. The van der Waals surface area contributed by atoms with Crippen molar-refractivity contribution in [2.45, 2.75) is 12.8 Å². The molecular weight excluding hydrogens is 560 g/mol. The van der Waals surface area contributed by atoms with Gasteiger partial charge in [0.2, 0.25) is 0 Å². The van der Waals surface area contributed by atoms with E-state index in [-0.39, 0.29) is 36.3 Å². The summed E-state index contributed by atoms with van der Waals surface area (Å²) in [6, 6.07) is 31.2. The maximum atomic E-state index is 11.6. The highest BCUT2D eigenvalue weighted by Crippen LogP contribution is 2.13. The van der Waals surface area contributed by atoms with E-state index in [0.29, 0.717) is 24.0 Å². The minimum absolute atomic E-state index is 0.136. The molecule has 4 aromatic carbocycles. The molecule has 2 N–H and O–H groups in total. The van der Waals surface area contributed by atoms with E-state index in [0.717, 1.165) is 11.1 Å². The minimum atomic E-state index is -0.944. The van der Waals surface area contributed by atoms with Crippen LogP contribution in [0.25, 0.3) is 0 Å². The summed E-state index contributed by atoms with van der Waals surface area (Å²) in [7, 11) is 0. The fourth-order valence-corrected chi connectivity index (χ4v) is 3.93. The Kier molecular flexibility index (Phi) is 13.3. The lowest BCUT2D eigenvalue weighted by Crippen LogP contribution is -2.06. The van der Waals surface area contributed by atoms with Crippen LogP contribution in [0.3, 0.4) is 0 Å². The standard InChI is InChI=1S/2C18H16O4/c19-17(15-9-3-1-4-10-15)21-13-7-8-14-22-18(20)16-11-5-2-6-12-16;19-17(20)15-11-5-3-9-13(15)7-1-2-8-14-10-4-6-12-16(14)18(21)22/h1-12H,13-14H2;1-6,9-12H,7-8H2,(H,19,20)(H,21,22). The summed E-state index contributed by atoms with van der Waals surface area (Å²) in [5.74, 6) is -2.65. The van der Waals surface area contributed by atoms with Gasteiger partial charge in [-0.3, -0.25) is 0 Å². The lowest BCUT2D eigenvalue weighted by molar-refractivity contribution is 0.0527. The topological polar surface area (TPSA) is 127 Å². The fourth-order valence-electron chi connectivity index (χ4n) is 3.93. The molecule has 4 aromatic rings. The number of carboxylic acids is 2. The van der Waals surface area contributed by atoms with Gasteiger partial charge in [0.15, 0.2) is 0 Å². The zero-order valence-corrected chi connectivity index (χ0v) is 23.9. The first-order valence-electron chi connectivity index (χ1n) is 13.7. The summed E-state index contributed by atoms with van der Waals surface area (Å²) < 4.78 is 10.1. The molecule has 4 rings (SSSR count). The first kappa shape index (κ1) is 32.8. The van der Waals surface area contributed by atoms with E-state index < -0.39 is 11.9 Å². The third-order valence-electron chi connectivity index (χ3n) is 6.14. The van der Waals surface area contributed by atoms with Crippen LogP contribution in [0.15, 0.2) is 133 Å². The van der Waals surface area contributed by atoms with Gasteiger partial charge in [-0.05, 0) is 72.5 Å². The molecule has 8 heteroatoms. The number of carbonyl (C=O) groups excluding carboxylic acids is 2. The summed E-state index contributed by atoms with van der Waals surface area (Å²) in [4.78, 5) is 45.5. The van der Waals surface area contributed by atoms with Gasteiger partial charge in [-0.1, -0.05) is 84.9 Å². The highest BCUT2D eigenvalue weighted by atomic mass is 16.5. The van der Waals surface area contributed by atoms with Gasteiger partial charge in [0.1, 0.15) is 13.2 Å². The van der Waals surface area contributed by atoms with E-state index in [2.05, 4.69) is 0 Å². The Morgan fingerprint density at radius 3 is 1.18 bits per heavy atom. The number of aromatic carboxylic acids is 2. The average molecular weight is 593 g/mol. The van der Waals surface area contributed by atoms with Crippen molar-refractivity contribution >= 4 is 23.9 Å². The van der Waals surface area contributed by atoms with Gasteiger partial charge < -0.3 is 19.7 Å². The number of hydrogen-bond acceptors (Lipinski definition) is 6. The third-order valence-corrected chi connectivity index (χ3v) is 6.14. The third kappa shape index (κ3) is 10.9. The number of carbonyl (C=O) groups is 4. The molecule has 0 aliphatic rings. The van der Waals surface area contributed by atoms with Crippen LogP contribution in [0.2, 0.25) is 0 Å². The average Bonchev–Trinajstić information content (AvgIpc) is 3.05. The largest absolute Gasteiger partial charge is 0.478 e. The molecule has 0 heterocycles. The maximum absolute atomic E-state index is 11.6. The summed E-state index contributed by atoms with van der Waals surface area (Å²) in [6.45, 7) is 0.271. The summed E-state index contributed by atoms with van der Waals surface area (Å²) in [5, 5.41) is 18.2. The normalized spacial score (nSPS) is 10.5. The molecular formula is C36H32O8. The molecule has 0 radical (unpaired) electrons. The Morgan fingerprint density at radius 2 is 0.818 bits per heavy atom. The quantitative estimate of drug-likeness (QED) is 0.138. The van der Waals surface area contributed by atoms with Crippen LogP contribution in [0, 0.1) is 0 Å². The molecule has 0 amide bonds. The number of rotatable bonds is 12. The van der Waals surface area contributed by atoms with Crippen LogP contribution >= 0.6 is 0 Å². The number of hydrogen-bond donors (Lipinski definition) is 2. The second kappa shape index (κ2) is 17.9. The van der Waals surface area contributed by atoms with E-state index in [4.69, 9.17) is 19.7 Å². The summed E-state index contributed by atoms with van der Waals surface area (Å²) >= 11 is 0. The number of esters is 2. The molecule has 0 aliphatic carbocycles. The van der Waals surface area contributed by atoms with E-state index >= 15 is 0 Å². The molecule has 0 aliphatic heterocycles. The van der Waals surface area contributed by atoms with E-state index in [9.17, 15) is 19.2 Å². The van der Waals surface area contributed by atoms with Crippen molar-refractivity contribution < 1.29 is 38.9 Å². The molecule has 0 bridgehead atoms. The number of benzene rings is 4. The van der Waals surface area contributed by atoms with Crippen molar-refractivity contribution in [2.24, 2.45) is 0 Å². The van der Waals surface area contributed by atoms with Crippen molar-refractivity contribution in [1.82, 2.24) is 0 Å². The Hall–Kier alpha value is -5.76. The van der Waals surface area contributed by atoms with E-state index in [1.54, 1.807) is 109 Å². The molecule has 0 fully saturated rings. The van der Waals surface area contributed by atoms with Crippen LogP contribution in [0.5, 0.6) is 0 Å². The van der Waals surface area contributed by atoms with Gasteiger partial charge in [-0.15, -0.1) is 0 Å². The van der Waals surface area contributed by atoms with Crippen LogP contribution < -0.4 is 0 Å². The highest BCUT2D eigenvalue weighted by molar-refractivity contribution is 5.90. The van der Waals surface area contributed by atoms with Gasteiger partial charge in [0.05, 0.1) is 22.3 Å². The molecule has 224 valence electrons. The maximum Gasteiger partial charge on any atom is 0.338 e. The molecule has 44 heavy (non-hydrogen) atoms. The minimum Gasteiger partial charge on any atom is -0.478 e. The van der Waals surface area contributed by atoms with Crippen molar-refractivity contribution in [2.75, 3.05) is 13.2 Å². The SMILES string of the molecule is O=C(O)c1ccccc1CC=CCc1ccccc1C(=O)O.O=C(OCC=CCOC(=O)c1ccccc1)c1ccccc1. The zero-order chi connectivity index (χ0) is 31.6. The number of carboxylic acid groups (broad SMARTS) is 2. The van der Waals surface area contributed by atoms with Crippen LogP contribution in [-0.4, -0.2) is 47.3 Å². The molecule has 0 atom stereocenters. The second-order valence-electron chi connectivity index (χ2n) is 9.20. The smallest absolute Gasteiger partial charge is 0.338 e. The first-order valence-corrected chi connectivity index (χ1v) is 13.7. The monoisotopic (exact) mass is 592 g/mol. The molecule has 0 saturated heterocycles. The second-order valence-corrected chi connectivity index (χ2v) is 9.20. The Bertz CT molecular complexity index is 1470. The van der Waals surface area contributed by atoms with Crippen molar-refractivity contribution in [1.29, 1.82) is 0 Å². The zero-order valence-electron chi connectivity index (χ0n) is 23.9. The van der Waals surface area contributed by atoms with Crippen molar-refractivity contribution in [3.63, 3.8) is 0 Å². The molecule has 0 unspecified atom stereocenters. The lowest BCUT2D eigenvalue weighted by atomic mass is 10.0. The van der Waals surface area contributed by atoms with Crippen LogP contribution in [-0.2, 0) is 22.3 Å². The van der Waals surface area contributed by atoms with Crippen LogP contribution in [0.1, 0.15) is 52.6 Å². The molecule has 0 saturated carbocycles.